The van der Waals surface area contributed by atoms with Gasteiger partial charge in [-0.3, -0.25) is 0 Å². The van der Waals surface area contributed by atoms with Gasteiger partial charge in [-0.05, 0) is 12.1 Å². The van der Waals surface area contributed by atoms with E-state index in [2.05, 4.69) is 11.8 Å². The molecule has 0 radical (unpaired) electrons. The summed E-state index contributed by atoms with van der Waals surface area (Å²) in [6.45, 7) is -0.666. The highest BCUT2D eigenvalue weighted by atomic mass is 35.5. The second-order valence-corrected chi connectivity index (χ2v) is 2.78. The predicted molar refractivity (Wildman–Crippen MR) is 49.9 cm³/mol. The molecule has 0 bridgehead atoms. The first kappa shape index (κ1) is 11.0. The third-order valence-electron chi connectivity index (χ3n) is 1.60. The molecule has 0 heterocycles. The van der Waals surface area contributed by atoms with Crippen LogP contribution in [0.5, 0.6) is 0 Å². The van der Waals surface area contributed by atoms with Crippen LogP contribution in [0.4, 0.5) is 8.78 Å². The molecule has 1 aromatic rings. The summed E-state index contributed by atoms with van der Waals surface area (Å²) in [5.41, 5.74) is -0.140. The van der Waals surface area contributed by atoms with Crippen molar-refractivity contribution in [2.45, 2.75) is 6.61 Å². The summed E-state index contributed by atoms with van der Waals surface area (Å²) >= 11 is 5.29. The minimum Gasteiger partial charge on any atom is -0.391 e. The monoisotopic (exact) mass is 216 g/mol. The highest BCUT2D eigenvalue weighted by Gasteiger charge is 2.08. The molecule has 1 nitrogen and oxygen atoms in total. The summed E-state index contributed by atoms with van der Waals surface area (Å²) < 4.78 is 26.1. The molecule has 0 saturated heterocycles. The lowest BCUT2D eigenvalue weighted by Gasteiger charge is -2.01. The van der Waals surface area contributed by atoms with Gasteiger partial charge in [-0.2, -0.15) is 0 Å². The van der Waals surface area contributed by atoms with Crippen molar-refractivity contribution < 1.29 is 13.9 Å². The first-order valence-corrected chi connectivity index (χ1v) is 4.36. The molecule has 4 heteroatoms. The van der Waals surface area contributed by atoms with Crippen LogP contribution in [0, 0.1) is 23.5 Å². The van der Waals surface area contributed by atoms with Crippen LogP contribution in [0.3, 0.4) is 0 Å². The zero-order valence-corrected chi connectivity index (χ0v) is 7.91. The molecule has 1 aromatic carbocycles. The minimum atomic E-state index is -0.800. The van der Waals surface area contributed by atoms with Gasteiger partial charge in [0.05, 0.1) is 12.5 Å². The Hall–Kier alpha value is -1.11. The SMILES string of the molecule is OCc1c(F)cc(C#CCCl)cc1F. The number of alkyl halides is 1. The zero-order valence-electron chi connectivity index (χ0n) is 7.15. The van der Waals surface area contributed by atoms with Crippen LogP contribution in [0.2, 0.25) is 0 Å². The Labute approximate surface area is 85.3 Å². The molecule has 0 unspecified atom stereocenters. The smallest absolute Gasteiger partial charge is 0.132 e. The fourth-order valence-electron chi connectivity index (χ4n) is 0.962. The average Bonchev–Trinajstić information content (AvgIpc) is 2.14. The van der Waals surface area contributed by atoms with Gasteiger partial charge in [-0.1, -0.05) is 11.8 Å². The maximum Gasteiger partial charge on any atom is 0.132 e. The van der Waals surface area contributed by atoms with Crippen LogP contribution in [0.25, 0.3) is 0 Å². The van der Waals surface area contributed by atoms with Crippen molar-refractivity contribution >= 4 is 11.6 Å². The first-order chi connectivity index (χ1) is 6.69. The fraction of sp³-hybridized carbons (Fsp3) is 0.200. The van der Waals surface area contributed by atoms with E-state index >= 15 is 0 Å². The number of hydrogen-bond acceptors (Lipinski definition) is 1. The van der Waals surface area contributed by atoms with Gasteiger partial charge in [0.1, 0.15) is 11.6 Å². The van der Waals surface area contributed by atoms with Crippen molar-refractivity contribution in [3.05, 3.63) is 34.9 Å². The lowest BCUT2D eigenvalue weighted by molar-refractivity contribution is 0.269. The van der Waals surface area contributed by atoms with Gasteiger partial charge in [-0.25, -0.2) is 8.78 Å². The molecule has 1 rings (SSSR count). The number of rotatable bonds is 1. The fourth-order valence-corrected chi connectivity index (χ4v) is 1.03. The van der Waals surface area contributed by atoms with Crippen LogP contribution in [-0.2, 0) is 6.61 Å². The predicted octanol–water partition coefficient (Wildman–Crippen LogP) is 2.05. The van der Waals surface area contributed by atoms with Crippen LogP contribution in [-0.4, -0.2) is 11.0 Å². The molecule has 0 fully saturated rings. The van der Waals surface area contributed by atoms with Gasteiger partial charge in [-0.15, -0.1) is 11.6 Å². The minimum absolute atomic E-state index is 0.102. The summed E-state index contributed by atoms with van der Waals surface area (Å²) in [4.78, 5) is 0. The molecule has 1 N–H and O–H groups in total. The van der Waals surface area contributed by atoms with Crippen molar-refractivity contribution in [3.63, 3.8) is 0 Å². The lowest BCUT2D eigenvalue weighted by Crippen LogP contribution is -1.96. The molecule has 0 atom stereocenters. The van der Waals surface area contributed by atoms with Gasteiger partial charge in [0.25, 0.3) is 0 Å². The van der Waals surface area contributed by atoms with Crippen LogP contribution >= 0.6 is 11.6 Å². The van der Waals surface area contributed by atoms with Crippen molar-refractivity contribution in [3.8, 4) is 11.8 Å². The van der Waals surface area contributed by atoms with Gasteiger partial charge < -0.3 is 5.11 Å². The molecular formula is C10H7ClF2O. The molecule has 74 valence electrons. The van der Waals surface area contributed by atoms with E-state index in [1.807, 2.05) is 0 Å². The van der Waals surface area contributed by atoms with E-state index in [0.717, 1.165) is 12.1 Å². The standard InChI is InChI=1S/C10H7ClF2O/c11-3-1-2-7-4-9(12)8(6-14)10(13)5-7/h4-5,14H,3,6H2. The summed E-state index contributed by atoms with van der Waals surface area (Å²) in [5.74, 6) is 3.46. The molecule has 0 aliphatic rings. The van der Waals surface area contributed by atoms with E-state index in [1.54, 1.807) is 0 Å². The Kier molecular flexibility index (Phi) is 3.87. The molecule has 0 aliphatic carbocycles. The zero-order chi connectivity index (χ0) is 10.6. The molecule has 0 aromatic heterocycles. The molecule has 0 saturated carbocycles. The molecule has 0 amide bonds. The second kappa shape index (κ2) is 4.94. The Morgan fingerprint density at radius 1 is 1.29 bits per heavy atom. The van der Waals surface area contributed by atoms with Crippen molar-refractivity contribution in [2.75, 3.05) is 5.88 Å². The number of aliphatic hydroxyl groups excluding tert-OH is 1. The Balaban J connectivity index is 3.14. The second-order valence-electron chi connectivity index (χ2n) is 2.51. The number of benzene rings is 1. The quantitative estimate of drug-likeness (QED) is 0.563. The number of hydrogen-bond donors (Lipinski definition) is 1. The Morgan fingerprint density at radius 2 is 1.86 bits per heavy atom. The summed E-state index contributed by atoms with van der Waals surface area (Å²) in [5, 5.41) is 8.63. The van der Waals surface area contributed by atoms with E-state index in [-0.39, 0.29) is 17.0 Å². The highest BCUT2D eigenvalue weighted by Crippen LogP contribution is 2.14. The van der Waals surface area contributed by atoms with E-state index < -0.39 is 18.2 Å². The van der Waals surface area contributed by atoms with E-state index in [9.17, 15) is 8.78 Å². The summed E-state index contributed by atoms with van der Waals surface area (Å²) in [6, 6.07) is 2.13. The molecule has 0 aliphatic heterocycles. The third kappa shape index (κ3) is 2.44. The first-order valence-electron chi connectivity index (χ1n) is 3.82. The highest BCUT2D eigenvalue weighted by molar-refractivity contribution is 6.19. The largest absolute Gasteiger partial charge is 0.391 e. The van der Waals surface area contributed by atoms with Crippen LogP contribution in [0.15, 0.2) is 12.1 Å². The topological polar surface area (TPSA) is 20.2 Å². The van der Waals surface area contributed by atoms with Gasteiger partial charge >= 0.3 is 0 Å². The van der Waals surface area contributed by atoms with Crippen molar-refractivity contribution in [2.24, 2.45) is 0 Å². The van der Waals surface area contributed by atoms with Gasteiger partial charge in [0, 0.05) is 11.1 Å². The average molecular weight is 217 g/mol. The number of halogens is 3. The van der Waals surface area contributed by atoms with Crippen molar-refractivity contribution in [1.29, 1.82) is 0 Å². The molecule has 14 heavy (non-hydrogen) atoms. The van der Waals surface area contributed by atoms with Crippen LogP contribution in [0.1, 0.15) is 11.1 Å². The maximum atomic E-state index is 13.0. The molecule has 0 spiro atoms. The van der Waals surface area contributed by atoms with Gasteiger partial charge in [0.15, 0.2) is 0 Å². The number of aliphatic hydroxyl groups is 1. The van der Waals surface area contributed by atoms with E-state index in [4.69, 9.17) is 16.7 Å². The summed E-state index contributed by atoms with van der Waals surface area (Å²) in [6.07, 6.45) is 0. The lowest BCUT2D eigenvalue weighted by atomic mass is 10.1. The maximum absolute atomic E-state index is 13.0. The van der Waals surface area contributed by atoms with E-state index in [1.165, 1.54) is 0 Å². The van der Waals surface area contributed by atoms with E-state index in [0.29, 0.717) is 0 Å². The van der Waals surface area contributed by atoms with Crippen LogP contribution < -0.4 is 0 Å². The Morgan fingerprint density at radius 3 is 2.29 bits per heavy atom. The normalized spacial score (nSPS) is 9.43. The third-order valence-corrected chi connectivity index (χ3v) is 1.73. The van der Waals surface area contributed by atoms with Gasteiger partial charge in [0.2, 0.25) is 0 Å². The van der Waals surface area contributed by atoms with Crippen molar-refractivity contribution in [1.82, 2.24) is 0 Å². The summed E-state index contributed by atoms with van der Waals surface area (Å²) in [7, 11) is 0. The Bertz CT molecular complexity index is 370. The molecular weight excluding hydrogens is 210 g/mol.